The smallest absolute Gasteiger partial charge is 0.349 e. The molecule has 0 saturated heterocycles. The maximum atomic E-state index is 12.9. The van der Waals surface area contributed by atoms with Crippen molar-refractivity contribution >= 4 is 34.2 Å². The molecule has 0 fully saturated rings. The number of esters is 2. The fourth-order valence-corrected chi connectivity index (χ4v) is 4.48. The number of benzene rings is 2. The predicted octanol–water partition coefficient (Wildman–Crippen LogP) is 4.79. The Morgan fingerprint density at radius 3 is 2.34 bits per heavy atom. The number of thiophene rings is 1. The van der Waals surface area contributed by atoms with E-state index in [0.717, 1.165) is 16.9 Å². The van der Waals surface area contributed by atoms with E-state index in [1.54, 1.807) is 39.2 Å². The Hall–Kier alpha value is -3.85. The van der Waals surface area contributed by atoms with E-state index >= 15 is 0 Å². The van der Waals surface area contributed by atoms with Crippen LogP contribution in [0.1, 0.15) is 43.6 Å². The van der Waals surface area contributed by atoms with Crippen molar-refractivity contribution in [2.75, 3.05) is 26.1 Å². The molecule has 1 heterocycles. The summed E-state index contributed by atoms with van der Waals surface area (Å²) in [5, 5.41) is 2.98. The Morgan fingerprint density at radius 2 is 1.69 bits per heavy atom. The lowest BCUT2D eigenvalue weighted by atomic mass is 10.1. The van der Waals surface area contributed by atoms with E-state index in [0.29, 0.717) is 22.6 Å². The number of hydrogen-bond donors (Lipinski definition) is 1. The first-order valence-electron chi connectivity index (χ1n) is 10.9. The number of methoxy groups -OCH3 is 2. The highest BCUT2D eigenvalue weighted by Crippen LogP contribution is 2.35. The standard InChI is InChI=1S/C26H27NO7S/c1-5-33-25(29)22-16(2)23(26(30)34-15-17-9-7-6-8-10-17)35-24(22)27-21(28)13-18-11-12-19(31-3)14-20(18)32-4/h6-12,14H,5,13,15H2,1-4H3,(H,27,28). The van der Waals surface area contributed by atoms with Gasteiger partial charge in [-0.1, -0.05) is 36.4 Å². The van der Waals surface area contributed by atoms with E-state index in [4.69, 9.17) is 18.9 Å². The van der Waals surface area contributed by atoms with Crippen molar-refractivity contribution in [2.24, 2.45) is 0 Å². The van der Waals surface area contributed by atoms with Gasteiger partial charge < -0.3 is 24.3 Å². The molecule has 35 heavy (non-hydrogen) atoms. The van der Waals surface area contributed by atoms with Gasteiger partial charge in [0.2, 0.25) is 5.91 Å². The topological polar surface area (TPSA) is 100 Å². The molecule has 0 unspecified atom stereocenters. The molecule has 0 spiro atoms. The van der Waals surface area contributed by atoms with Gasteiger partial charge in [0.15, 0.2) is 0 Å². The molecule has 0 atom stereocenters. The largest absolute Gasteiger partial charge is 0.497 e. The highest BCUT2D eigenvalue weighted by Gasteiger charge is 2.27. The van der Waals surface area contributed by atoms with Gasteiger partial charge in [-0.3, -0.25) is 4.79 Å². The summed E-state index contributed by atoms with van der Waals surface area (Å²) in [6.07, 6.45) is -0.0137. The summed E-state index contributed by atoms with van der Waals surface area (Å²) >= 11 is 0.980. The van der Waals surface area contributed by atoms with E-state index in [9.17, 15) is 14.4 Å². The van der Waals surface area contributed by atoms with Gasteiger partial charge in [-0.2, -0.15) is 0 Å². The molecule has 1 aromatic heterocycles. The van der Waals surface area contributed by atoms with Crippen molar-refractivity contribution < 1.29 is 33.3 Å². The summed E-state index contributed by atoms with van der Waals surface area (Å²) in [5.41, 5.74) is 2.00. The maximum Gasteiger partial charge on any atom is 0.349 e. The highest BCUT2D eigenvalue weighted by molar-refractivity contribution is 7.18. The van der Waals surface area contributed by atoms with Crippen molar-refractivity contribution in [3.8, 4) is 11.5 Å². The number of rotatable bonds is 10. The van der Waals surface area contributed by atoms with Crippen molar-refractivity contribution in [3.05, 3.63) is 75.7 Å². The first kappa shape index (κ1) is 25.8. The molecule has 8 nitrogen and oxygen atoms in total. The van der Waals surface area contributed by atoms with Crippen LogP contribution >= 0.6 is 11.3 Å². The minimum absolute atomic E-state index is 0.0137. The van der Waals surface area contributed by atoms with Crippen molar-refractivity contribution in [1.29, 1.82) is 0 Å². The minimum atomic E-state index is -0.624. The Kier molecular flexibility index (Phi) is 8.86. The van der Waals surface area contributed by atoms with Crippen LogP contribution in [0.5, 0.6) is 11.5 Å². The van der Waals surface area contributed by atoms with Crippen LogP contribution in [0.3, 0.4) is 0 Å². The molecule has 3 aromatic rings. The lowest BCUT2D eigenvalue weighted by Crippen LogP contribution is -2.17. The third-order valence-corrected chi connectivity index (χ3v) is 6.31. The first-order valence-corrected chi connectivity index (χ1v) is 11.7. The molecule has 184 valence electrons. The number of nitrogens with one attached hydrogen (secondary N) is 1. The van der Waals surface area contributed by atoms with Crippen LogP contribution in [0.25, 0.3) is 0 Å². The zero-order valence-corrected chi connectivity index (χ0v) is 20.8. The molecule has 1 N–H and O–H groups in total. The van der Waals surface area contributed by atoms with Crippen LogP contribution in [0.4, 0.5) is 5.00 Å². The van der Waals surface area contributed by atoms with Gasteiger partial charge in [0.1, 0.15) is 28.0 Å². The zero-order valence-electron chi connectivity index (χ0n) is 20.0. The maximum absolute atomic E-state index is 12.9. The summed E-state index contributed by atoms with van der Waals surface area (Å²) in [6, 6.07) is 14.4. The third kappa shape index (κ3) is 6.39. The molecule has 0 aliphatic heterocycles. The summed E-state index contributed by atoms with van der Waals surface area (Å²) in [7, 11) is 3.05. The van der Waals surface area contributed by atoms with E-state index < -0.39 is 11.9 Å². The molecule has 9 heteroatoms. The number of ether oxygens (including phenoxy) is 4. The molecular formula is C26H27NO7S. The van der Waals surface area contributed by atoms with E-state index in [1.165, 1.54) is 7.11 Å². The van der Waals surface area contributed by atoms with Crippen LogP contribution in [-0.4, -0.2) is 38.7 Å². The van der Waals surface area contributed by atoms with Crippen LogP contribution in [0.2, 0.25) is 0 Å². The van der Waals surface area contributed by atoms with Crippen molar-refractivity contribution in [2.45, 2.75) is 26.9 Å². The third-order valence-electron chi connectivity index (χ3n) is 5.12. The fourth-order valence-electron chi connectivity index (χ4n) is 3.38. The van der Waals surface area contributed by atoms with Crippen molar-refractivity contribution in [3.63, 3.8) is 0 Å². The summed E-state index contributed by atoms with van der Waals surface area (Å²) in [5.74, 6) is -0.495. The van der Waals surface area contributed by atoms with Gasteiger partial charge in [0.25, 0.3) is 0 Å². The second kappa shape index (κ2) is 12.0. The monoisotopic (exact) mass is 497 g/mol. The van der Waals surface area contributed by atoms with Crippen molar-refractivity contribution in [1.82, 2.24) is 0 Å². The normalized spacial score (nSPS) is 10.4. The number of carbonyl (C=O) groups excluding carboxylic acids is 3. The molecule has 0 aliphatic carbocycles. The number of amides is 1. The van der Waals surface area contributed by atoms with Gasteiger partial charge in [-0.05, 0) is 31.0 Å². The van der Waals surface area contributed by atoms with E-state index in [1.807, 2.05) is 30.3 Å². The fraction of sp³-hybridized carbons (Fsp3) is 0.269. The Bertz CT molecular complexity index is 1200. The quantitative estimate of drug-likeness (QED) is 0.402. The van der Waals surface area contributed by atoms with Gasteiger partial charge in [0, 0.05) is 11.6 Å². The van der Waals surface area contributed by atoms with E-state index in [2.05, 4.69) is 5.32 Å². The lowest BCUT2D eigenvalue weighted by Gasteiger charge is -2.11. The molecule has 2 aromatic carbocycles. The van der Waals surface area contributed by atoms with E-state index in [-0.39, 0.29) is 41.0 Å². The average molecular weight is 498 g/mol. The first-order chi connectivity index (χ1) is 16.9. The molecule has 1 amide bonds. The zero-order chi connectivity index (χ0) is 25.4. The van der Waals surface area contributed by atoms with Crippen LogP contribution in [0.15, 0.2) is 48.5 Å². The molecule has 0 saturated carbocycles. The van der Waals surface area contributed by atoms with Crippen LogP contribution < -0.4 is 14.8 Å². The molecule has 0 aliphatic rings. The van der Waals surface area contributed by atoms with Crippen LogP contribution in [0, 0.1) is 6.92 Å². The minimum Gasteiger partial charge on any atom is -0.497 e. The Labute approximate surface area is 207 Å². The summed E-state index contributed by atoms with van der Waals surface area (Å²) in [4.78, 5) is 38.6. The molecule has 0 radical (unpaired) electrons. The van der Waals surface area contributed by atoms with Gasteiger partial charge in [0.05, 0.1) is 32.8 Å². The number of hydrogen-bond acceptors (Lipinski definition) is 8. The molecular weight excluding hydrogens is 470 g/mol. The highest BCUT2D eigenvalue weighted by atomic mass is 32.1. The average Bonchev–Trinajstić information content (AvgIpc) is 3.18. The predicted molar refractivity (Wildman–Crippen MR) is 132 cm³/mol. The Morgan fingerprint density at radius 1 is 0.943 bits per heavy atom. The molecule has 3 rings (SSSR count). The van der Waals surface area contributed by atoms with Crippen LogP contribution in [-0.2, 0) is 27.3 Å². The number of anilines is 1. The van der Waals surface area contributed by atoms with Gasteiger partial charge in [-0.25, -0.2) is 9.59 Å². The SMILES string of the molecule is CCOC(=O)c1c(NC(=O)Cc2ccc(OC)cc2OC)sc(C(=O)OCc2ccccc2)c1C. The molecule has 0 bridgehead atoms. The summed E-state index contributed by atoms with van der Waals surface area (Å²) in [6.45, 7) is 3.55. The lowest BCUT2D eigenvalue weighted by molar-refractivity contribution is -0.115. The van der Waals surface area contributed by atoms with Gasteiger partial charge >= 0.3 is 11.9 Å². The summed E-state index contributed by atoms with van der Waals surface area (Å²) < 4.78 is 21.1. The number of carbonyl (C=O) groups is 3. The second-order valence-electron chi connectivity index (χ2n) is 7.45. The van der Waals surface area contributed by atoms with Gasteiger partial charge in [-0.15, -0.1) is 11.3 Å². The second-order valence-corrected chi connectivity index (χ2v) is 8.47. The Balaban J connectivity index is 1.83.